The van der Waals surface area contributed by atoms with Gasteiger partial charge in [0.2, 0.25) is 11.8 Å². The lowest BCUT2D eigenvalue weighted by Gasteiger charge is -2.07. The highest BCUT2D eigenvalue weighted by atomic mass is 32.2. The van der Waals surface area contributed by atoms with Crippen LogP contribution in [0, 0.1) is 5.82 Å². The molecule has 0 spiro atoms. The van der Waals surface area contributed by atoms with Crippen molar-refractivity contribution in [3.63, 3.8) is 0 Å². The number of carbonyl (C=O) groups is 1. The molecule has 0 fully saturated rings. The molecule has 2 aromatic carbocycles. The van der Waals surface area contributed by atoms with Crippen LogP contribution in [-0.4, -0.2) is 35.0 Å². The van der Waals surface area contributed by atoms with Gasteiger partial charge in [0.15, 0.2) is 0 Å². The highest BCUT2D eigenvalue weighted by molar-refractivity contribution is 7.99. The minimum Gasteiger partial charge on any atom is -0.492 e. The Hall–Kier alpha value is -2.87. The maximum atomic E-state index is 13.0. The third-order valence-corrected chi connectivity index (χ3v) is 4.06. The molecule has 3 rings (SSSR count). The highest BCUT2D eigenvalue weighted by Crippen LogP contribution is 2.22. The van der Waals surface area contributed by atoms with Crippen molar-refractivity contribution < 1.29 is 18.3 Å². The van der Waals surface area contributed by atoms with Gasteiger partial charge in [0.25, 0.3) is 5.22 Å². The van der Waals surface area contributed by atoms with Crippen molar-refractivity contribution >= 4 is 17.7 Å². The van der Waals surface area contributed by atoms with Crippen LogP contribution in [-0.2, 0) is 4.79 Å². The summed E-state index contributed by atoms with van der Waals surface area (Å²) in [5.74, 6) is 0.440. The Morgan fingerprint density at radius 3 is 2.81 bits per heavy atom. The number of benzene rings is 2. The van der Waals surface area contributed by atoms with Gasteiger partial charge in [-0.2, -0.15) is 0 Å². The molecule has 26 heavy (non-hydrogen) atoms. The summed E-state index contributed by atoms with van der Waals surface area (Å²) < 4.78 is 23.9. The molecular formula is C18H16FN3O3S. The molecule has 1 aromatic heterocycles. The van der Waals surface area contributed by atoms with Gasteiger partial charge in [0.05, 0.1) is 12.3 Å². The number of nitrogens with one attached hydrogen (secondary N) is 1. The Balaban J connectivity index is 1.37. The van der Waals surface area contributed by atoms with E-state index in [9.17, 15) is 9.18 Å². The lowest BCUT2D eigenvalue weighted by atomic mass is 10.2. The average molecular weight is 373 g/mol. The molecule has 3 aromatic rings. The van der Waals surface area contributed by atoms with Gasteiger partial charge < -0.3 is 14.5 Å². The van der Waals surface area contributed by atoms with Crippen LogP contribution in [0.1, 0.15) is 0 Å². The number of amides is 1. The number of hydrogen-bond donors (Lipinski definition) is 1. The van der Waals surface area contributed by atoms with Crippen molar-refractivity contribution in [3.05, 3.63) is 60.4 Å². The highest BCUT2D eigenvalue weighted by Gasteiger charge is 2.10. The van der Waals surface area contributed by atoms with Crippen molar-refractivity contribution in [3.8, 4) is 17.2 Å². The third-order valence-electron chi connectivity index (χ3n) is 3.24. The van der Waals surface area contributed by atoms with E-state index in [0.717, 1.165) is 17.3 Å². The molecule has 1 amide bonds. The van der Waals surface area contributed by atoms with E-state index in [1.165, 1.54) is 12.1 Å². The van der Waals surface area contributed by atoms with Crippen molar-refractivity contribution in [1.82, 2.24) is 15.5 Å². The van der Waals surface area contributed by atoms with Crippen LogP contribution < -0.4 is 10.1 Å². The van der Waals surface area contributed by atoms with Crippen LogP contribution in [0.4, 0.5) is 4.39 Å². The lowest BCUT2D eigenvalue weighted by Crippen LogP contribution is -2.29. The Labute approximate surface area is 153 Å². The number of rotatable bonds is 8. The molecule has 0 radical (unpaired) electrons. The van der Waals surface area contributed by atoms with E-state index < -0.39 is 0 Å². The quantitative estimate of drug-likeness (QED) is 0.483. The largest absolute Gasteiger partial charge is 0.492 e. The topological polar surface area (TPSA) is 77.2 Å². The standard InChI is InChI=1S/C18H16FN3O3S/c19-14-7-4-8-15(11-14)24-10-9-20-16(23)12-26-18-22-21-17(25-18)13-5-2-1-3-6-13/h1-8,11H,9-10,12H2,(H,20,23). The SMILES string of the molecule is O=C(CSc1nnc(-c2ccccc2)o1)NCCOc1cccc(F)c1. The number of thioether (sulfide) groups is 1. The monoisotopic (exact) mass is 373 g/mol. The molecule has 1 heterocycles. The summed E-state index contributed by atoms with van der Waals surface area (Å²) in [5.41, 5.74) is 0.825. The van der Waals surface area contributed by atoms with E-state index in [4.69, 9.17) is 9.15 Å². The summed E-state index contributed by atoms with van der Waals surface area (Å²) in [4.78, 5) is 11.8. The van der Waals surface area contributed by atoms with Crippen molar-refractivity contribution in [2.75, 3.05) is 18.9 Å². The van der Waals surface area contributed by atoms with Crippen molar-refractivity contribution in [2.24, 2.45) is 0 Å². The molecule has 0 saturated carbocycles. The van der Waals surface area contributed by atoms with Gasteiger partial charge in [0.1, 0.15) is 18.2 Å². The van der Waals surface area contributed by atoms with E-state index in [1.807, 2.05) is 30.3 Å². The second kappa shape index (κ2) is 9.00. The van der Waals surface area contributed by atoms with E-state index in [0.29, 0.717) is 23.4 Å². The van der Waals surface area contributed by atoms with Crippen LogP contribution >= 0.6 is 11.8 Å². The predicted octanol–water partition coefficient (Wildman–Crippen LogP) is 3.16. The Morgan fingerprint density at radius 2 is 2.00 bits per heavy atom. The molecule has 0 unspecified atom stereocenters. The smallest absolute Gasteiger partial charge is 0.277 e. The molecule has 1 N–H and O–H groups in total. The van der Waals surface area contributed by atoms with Gasteiger partial charge in [-0.25, -0.2) is 4.39 Å². The van der Waals surface area contributed by atoms with Gasteiger partial charge in [-0.3, -0.25) is 4.79 Å². The van der Waals surface area contributed by atoms with Crippen LogP contribution in [0.2, 0.25) is 0 Å². The first-order valence-corrected chi connectivity index (χ1v) is 8.86. The molecule has 0 saturated heterocycles. The van der Waals surface area contributed by atoms with E-state index in [1.54, 1.807) is 12.1 Å². The zero-order valence-electron chi connectivity index (χ0n) is 13.7. The third kappa shape index (κ3) is 5.32. The van der Waals surface area contributed by atoms with Crippen LogP contribution in [0.5, 0.6) is 5.75 Å². The normalized spacial score (nSPS) is 10.5. The first-order chi connectivity index (χ1) is 12.7. The fourth-order valence-corrected chi connectivity index (χ4v) is 2.65. The summed E-state index contributed by atoms with van der Waals surface area (Å²) in [6, 6.07) is 15.2. The second-order valence-electron chi connectivity index (χ2n) is 5.18. The molecule has 0 aliphatic carbocycles. The van der Waals surface area contributed by atoms with Crippen LogP contribution in [0.25, 0.3) is 11.5 Å². The average Bonchev–Trinajstić information content (AvgIpc) is 3.13. The van der Waals surface area contributed by atoms with Crippen molar-refractivity contribution in [2.45, 2.75) is 5.22 Å². The first-order valence-electron chi connectivity index (χ1n) is 7.87. The van der Waals surface area contributed by atoms with Gasteiger partial charge in [-0.1, -0.05) is 36.0 Å². The zero-order valence-corrected chi connectivity index (χ0v) is 14.5. The van der Waals surface area contributed by atoms with Gasteiger partial charge in [0, 0.05) is 11.6 Å². The molecule has 0 bridgehead atoms. The zero-order chi connectivity index (χ0) is 18.2. The number of nitrogens with zero attached hydrogens (tertiary/aromatic N) is 2. The second-order valence-corrected chi connectivity index (χ2v) is 6.11. The Morgan fingerprint density at radius 1 is 1.15 bits per heavy atom. The summed E-state index contributed by atoms with van der Waals surface area (Å²) >= 11 is 1.16. The van der Waals surface area contributed by atoms with Gasteiger partial charge in [-0.15, -0.1) is 10.2 Å². The summed E-state index contributed by atoms with van der Waals surface area (Å²) in [5, 5.41) is 10.9. The van der Waals surface area contributed by atoms with Crippen LogP contribution in [0.3, 0.4) is 0 Å². The number of hydrogen-bond acceptors (Lipinski definition) is 6. The molecule has 0 aliphatic rings. The molecule has 8 heteroatoms. The van der Waals surface area contributed by atoms with Crippen molar-refractivity contribution in [1.29, 1.82) is 0 Å². The first kappa shape index (κ1) is 17.9. The molecular weight excluding hydrogens is 357 g/mol. The predicted molar refractivity (Wildman–Crippen MR) is 95.4 cm³/mol. The maximum Gasteiger partial charge on any atom is 0.277 e. The number of carbonyl (C=O) groups excluding carboxylic acids is 1. The minimum absolute atomic E-state index is 0.149. The van der Waals surface area contributed by atoms with E-state index in [-0.39, 0.29) is 24.1 Å². The molecule has 0 aliphatic heterocycles. The summed E-state index contributed by atoms with van der Waals surface area (Å²) in [6.45, 7) is 0.563. The van der Waals surface area contributed by atoms with Gasteiger partial charge in [-0.05, 0) is 24.3 Å². The molecule has 0 atom stereocenters. The minimum atomic E-state index is -0.364. The number of halogens is 1. The molecule has 6 nitrogen and oxygen atoms in total. The number of aromatic nitrogens is 2. The fraction of sp³-hybridized carbons (Fsp3) is 0.167. The number of ether oxygens (including phenoxy) is 1. The Bertz CT molecular complexity index is 858. The van der Waals surface area contributed by atoms with E-state index in [2.05, 4.69) is 15.5 Å². The molecule has 134 valence electrons. The summed E-state index contributed by atoms with van der Waals surface area (Å²) in [6.07, 6.45) is 0. The fourth-order valence-electron chi connectivity index (χ4n) is 2.06. The van der Waals surface area contributed by atoms with Crippen LogP contribution in [0.15, 0.2) is 64.2 Å². The Kier molecular flexibility index (Phi) is 6.21. The lowest BCUT2D eigenvalue weighted by molar-refractivity contribution is -0.118. The summed E-state index contributed by atoms with van der Waals surface area (Å²) in [7, 11) is 0. The van der Waals surface area contributed by atoms with E-state index >= 15 is 0 Å². The van der Waals surface area contributed by atoms with Gasteiger partial charge >= 0.3 is 0 Å². The maximum absolute atomic E-state index is 13.0.